The van der Waals surface area contributed by atoms with Gasteiger partial charge in [0.2, 0.25) is 0 Å². The molecule has 5 heteroatoms. The van der Waals surface area contributed by atoms with E-state index in [1.54, 1.807) is 11.3 Å². The lowest BCUT2D eigenvalue weighted by atomic mass is 9.97. The molecule has 0 saturated heterocycles. The number of hydrogen-bond acceptors (Lipinski definition) is 4. The second kappa shape index (κ2) is 3.25. The molecule has 0 aromatic carbocycles. The fourth-order valence-corrected chi connectivity index (χ4v) is 2.39. The summed E-state index contributed by atoms with van der Waals surface area (Å²) >= 11 is 1.56. The third-order valence-electron chi connectivity index (χ3n) is 2.93. The molecule has 3 N–H and O–H groups in total. The molecule has 3 unspecified atom stereocenters. The topological polar surface area (TPSA) is 50.9 Å². The smallest absolute Gasteiger partial charge is 0.108 e. The highest BCUT2D eigenvalue weighted by Crippen LogP contribution is 2.56. The van der Waals surface area contributed by atoms with Crippen molar-refractivity contribution in [2.75, 3.05) is 0 Å². The molecule has 1 fully saturated rings. The van der Waals surface area contributed by atoms with Crippen molar-refractivity contribution in [3.63, 3.8) is 0 Å². The highest BCUT2D eigenvalue weighted by molar-refractivity contribution is 7.09. The molecule has 1 aromatic heterocycles. The standard InChI is InChI=1S/C9H14FN3S/c1-5-12-6(4-14-5)8(13-11)9(2)3-7(9)10/h4,7-8,13H,3,11H2,1-2H3. The van der Waals surface area contributed by atoms with Crippen molar-refractivity contribution in [2.24, 2.45) is 11.3 Å². The maximum atomic E-state index is 13.2. The van der Waals surface area contributed by atoms with Crippen molar-refractivity contribution in [1.82, 2.24) is 10.4 Å². The molecule has 0 aliphatic heterocycles. The number of nitrogens with two attached hydrogens (primary N) is 1. The van der Waals surface area contributed by atoms with E-state index in [2.05, 4.69) is 10.4 Å². The Morgan fingerprint density at radius 2 is 2.50 bits per heavy atom. The molecular formula is C9H14FN3S. The Morgan fingerprint density at radius 3 is 2.86 bits per heavy atom. The Bertz CT molecular complexity index is 341. The summed E-state index contributed by atoms with van der Waals surface area (Å²) in [5.41, 5.74) is 3.16. The van der Waals surface area contributed by atoms with E-state index in [-0.39, 0.29) is 11.5 Å². The Hall–Kier alpha value is -0.520. The molecule has 14 heavy (non-hydrogen) atoms. The number of hydrazine groups is 1. The number of nitrogens with one attached hydrogen (secondary N) is 1. The number of aryl methyl sites for hydroxylation is 1. The van der Waals surface area contributed by atoms with Crippen molar-refractivity contribution in [3.05, 3.63) is 16.1 Å². The first-order valence-electron chi connectivity index (χ1n) is 4.60. The Kier molecular flexibility index (Phi) is 2.33. The molecule has 3 atom stereocenters. The van der Waals surface area contributed by atoms with E-state index in [1.807, 2.05) is 19.2 Å². The third-order valence-corrected chi connectivity index (χ3v) is 3.72. The van der Waals surface area contributed by atoms with Crippen LogP contribution in [-0.2, 0) is 0 Å². The summed E-state index contributed by atoms with van der Waals surface area (Å²) in [7, 11) is 0. The largest absolute Gasteiger partial charge is 0.271 e. The number of rotatable bonds is 3. The molecule has 0 spiro atoms. The zero-order chi connectivity index (χ0) is 10.3. The summed E-state index contributed by atoms with van der Waals surface area (Å²) in [4.78, 5) is 4.33. The van der Waals surface area contributed by atoms with Crippen molar-refractivity contribution in [3.8, 4) is 0 Å². The van der Waals surface area contributed by atoms with Crippen LogP contribution in [0.4, 0.5) is 4.39 Å². The Morgan fingerprint density at radius 1 is 1.86 bits per heavy atom. The average Bonchev–Trinajstić information content (AvgIpc) is 2.57. The summed E-state index contributed by atoms with van der Waals surface area (Å²) in [6, 6.07) is -0.164. The van der Waals surface area contributed by atoms with Crippen LogP contribution in [0.25, 0.3) is 0 Å². The van der Waals surface area contributed by atoms with Gasteiger partial charge in [0.1, 0.15) is 6.17 Å². The summed E-state index contributed by atoms with van der Waals surface area (Å²) in [5, 5.41) is 2.93. The summed E-state index contributed by atoms with van der Waals surface area (Å²) in [5.74, 6) is 5.45. The SMILES string of the molecule is Cc1nc(C(NN)C2(C)CC2F)cs1. The van der Waals surface area contributed by atoms with Crippen molar-refractivity contribution >= 4 is 11.3 Å². The highest BCUT2D eigenvalue weighted by Gasteiger charge is 2.57. The maximum Gasteiger partial charge on any atom is 0.108 e. The van der Waals surface area contributed by atoms with Gasteiger partial charge in [-0.3, -0.25) is 11.3 Å². The lowest BCUT2D eigenvalue weighted by molar-refractivity contribution is 0.291. The number of hydrogen-bond donors (Lipinski definition) is 2. The monoisotopic (exact) mass is 215 g/mol. The van der Waals surface area contributed by atoms with Crippen molar-refractivity contribution < 1.29 is 4.39 Å². The predicted octanol–water partition coefficient (Wildman–Crippen LogP) is 1.70. The van der Waals surface area contributed by atoms with Gasteiger partial charge in [0.05, 0.1) is 16.7 Å². The van der Waals surface area contributed by atoms with E-state index in [0.29, 0.717) is 6.42 Å². The first-order chi connectivity index (χ1) is 6.58. The second-order valence-electron chi connectivity index (χ2n) is 4.07. The minimum atomic E-state index is -0.759. The molecule has 0 radical (unpaired) electrons. The lowest BCUT2D eigenvalue weighted by Gasteiger charge is -2.20. The quantitative estimate of drug-likeness (QED) is 0.596. The molecule has 1 aliphatic carbocycles. The van der Waals surface area contributed by atoms with Crippen molar-refractivity contribution in [2.45, 2.75) is 32.5 Å². The Labute approximate surface area is 86.5 Å². The zero-order valence-electron chi connectivity index (χ0n) is 8.25. The van der Waals surface area contributed by atoms with Gasteiger partial charge in [-0.05, 0) is 13.3 Å². The minimum absolute atomic E-state index is 0.164. The van der Waals surface area contributed by atoms with Crippen LogP contribution in [0.5, 0.6) is 0 Å². The van der Waals surface area contributed by atoms with E-state index in [1.165, 1.54) is 0 Å². The maximum absolute atomic E-state index is 13.2. The van der Waals surface area contributed by atoms with Crippen LogP contribution in [0.15, 0.2) is 5.38 Å². The average molecular weight is 215 g/mol. The van der Waals surface area contributed by atoms with Gasteiger partial charge >= 0.3 is 0 Å². The van der Waals surface area contributed by atoms with Crippen LogP contribution in [0.2, 0.25) is 0 Å². The predicted molar refractivity (Wildman–Crippen MR) is 54.5 cm³/mol. The number of halogens is 1. The lowest BCUT2D eigenvalue weighted by Crippen LogP contribution is -2.34. The molecule has 1 aliphatic rings. The van der Waals surface area contributed by atoms with Gasteiger partial charge in [-0.2, -0.15) is 0 Å². The summed E-state index contributed by atoms with van der Waals surface area (Å²) in [6.45, 7) is 3.83. The number of thiazole rings is 1. The van der Waals surface area contributed by atoms with Crippen LogP contribution in [-0.4, -0.2) is 11.2 Å². The van der Waals surface area contributed by atoms with Gasteiger partial charge in [-0.1, -0.05) is 6.92 Å². The van der Waals surface area contributed by atoms with Gasteiger partial charge in [0.25, 0.3) is 0 Å². The zero-order valence-corrected chi connectivity index (χ0v) is 9.07. The van der Waals surface area contributed by atoms with Crippen LogP contribution >= 0.6 is 11.3 Å². The molecular weight excluding hydrogens is 201 g/mol. The molecule has 1 aromatic rings. The fraction of sp³-hybridized carbons (Fsp3) is 0.667. The van der Waals surface area contributed by atoms with Crippen LogP contribution < -0.4 is 11.3 Å². The normalized spacial score (nSPS) is 33.0. The fourth-order valence-electron chi connectivity index (χ4n) is 1.75. The molecule has 78 valence electrons. The van der Waals surface area contributed by atoms with Crippen LogP contribution in [0.1, 0.15) is 30.1 Å². The van der Waals surface area contributed by atoms with Crippen LogP contribution in [0, 0.1) is 12.3 Å². The minimum Gasteiger partial charge on any atom is -0.271 e. The number of alkyl halides is 1. The van der Waals surface area contributed by atoms with Crippen molar-refractivity contribution in [1.29, 1.82) is 0 Å². The van der Waals surface area contributed by atoms with Gasteiger partial charge < -0.3 is 0 Å². The van der Waals surface area contributed by atoms with Gasteiger partial charge in [0, 0.05) is 10.8 Å². The van der Waals surface area contributed by atoms with E-state index in [0.717, 1.165) is 10.7 Å². The Balaban J connectivity index is 2.22. The molecule has 1 heterocycles. The first kappa shape index (κ1) is 10.0. The van der Waals surface area contributed by atoms with Crippen LogP contribution in [0.3, 0.4) is 0 Å². The summed E-state index contributed by atoms with van der Waals surface area (Å²) < 4.78 is 13.2. The van der Waals surface area contributed by atoms with Gasteiger partial charge in [0.15, 0.2) is 0 Å². The number of aromatic nitrogens is 1. The van der Waals surface area contributed by atoms with E-state index in [4.69, 9.17) is 5.84 Å². The molecule has 3 nitrogen and oxygen atoms in total. The van der Waals surface area contributed by atoms with E-state index >= 15 is 0 Å². The highest BCUT2D eigenvalue weighted by atomic mass is 32.1. The third kappa shape index (κ3) is 1.45. The summed E-state index contributed by atoms with van der Waals surface area (Å²) in [6.07, 6.45) is -0.191. The molecule has 2 rings (SSSR count). The van der Waals surface area contributed by atoms with Gasteiger partial charge in [-0.15, -0.1) is 11.3 Å². The second-order valence-corrected chi connectivity index (χ2v) is 5.13. The van der Waals surface area contributed by atoms with E-state index in [9.17, 15) is 4.39 Å². The first-order valence-corrected chi connectivity index (χ1v) is 5.48. The molecule has 0 amide bonds. The van der Waals surface area contributed by atoms with Gasteiger partial charge in [-0.25, -0.2) is 9.37 Å². The number of nitrogens with zero attached hydrogens (tertiary/aromatic N) is 1. The molecule has 1 saturated carbocycles. The van der Waals surface area contributed by atoms with E-state index < -0.39 is 6.17 Å². The molecule has 0 bridgehead atoms.